The Bertz CT molecular complexity index is 1260. The summed E-state index contributed by atoms with van der Waals surface area (Å²) in [6.07, 6.45) is 3.00. The van der Waals surface area contributed by atoms with E-state index in [0.29, 0.717) is 27.9 Å². The number of thiazole rings is 1. The van der Waals surface area contributed by atoms with Crippen molar-refractivity contribution in [1.82, 2.24) is 4.98 Å². The first-order valence-corrected chi connectivity index (χ1v) is 14.6. The van der Waals surface area contributed by atoms with Crippen LogP contribution in [0.15, 0.2) is 41.2 Å². The maximum absolute atomic E-state index is 13.7. The molecule has 1 aliphatic carbocycles. The lowest BCUT2D eigenvalue weighted by atomic mass is 9.82. The Kier molecular flexibility index (Phi) is 8.96. The van der Waals surface area contributed by atoms with Crippen LogP contribution in [0.2, 0.25) is 0 Å². The molecule has 1 aromatic carbocycles. The van der Waals surface area contributed by atoms with Gasteiger partial charge >= 0.3 is 5.97 Å². The highest BCUT2D eigenvalue weighted by Gasteiger charge is 2.34. The molecule has 2 heterocycles. The summed E-state index contributed by atoms with van der Waals surface area (Å²) in [6, 6.07) is 9.08. The number of nitrogens with one attached hydrogen (secondary N) is 1. The second kappa shape index (κ2) is 12.2. The fourth-order valence-electron chi connectivity index (χ4n) is 4.66. The third-order valence-electron chi connectivity index (χ3n) is 6.66. The summed E-state index contributed by atoms with van der Waals surface area (Å²) in [7, 11) is 0. The van der Waals surface area contributed by atoms with Gasteiger partial charge in [-0.3, -0.25) is 15.3 Å². The number of benzene rings is 1. The average molecular weight is 555 g/mol. The summed E-state index contributed by atoms with van der Waals surface area (Å²) in [5.41, 5.74) is 9.77. The lowest BCUT2D eigenvalue weighted by molar-refractivity contribution is -0.123. The molecule has 4 rings (SSSR count). The standard InChI is InChI=1S/C28H34N4O4S2/c1-16(2)32(27(34)20-7-5-17(3)6-8-20)23-13-24(38-25(23)28(35)36-18(4)29)19-9-11-21(12-10-19)31-26(33)22-14-37-15-30-22/h9-18,20H,5-8,29H2,1-4H3,(H,31,33). The maximum Gasteiger partial charge on any atom is 0.352 e. The third kappa shape index (κ3) is 6.48. The van der Waals surface area contributed by atoms with Crippen molar-refractivity contribution in [2.24, 2.45) is 17.6 Å². The Labute approximate surface area is 231 Å². The Balaban J connectivity index is 1.64. The SMILES string of the molecule is CC1CCC(C(=O)N(c2cc(-c3ccc(NC(=O)c4cscn4)cc3)sc2C(=O)OC(C)N)C(C)C)CC1. The van der Waals surface area contributed by atoms with E-state index in [-0.39, 0.29) is 23.8 Å². The number of hydrogen-bond acceptors (Lipinski definition) is 8. The minimum absolute atomic E-state index is 0.0474. The van der Waals surface area contributed by atoms with E-state index < -0.39 is 12.2 Å². The minimum atomic E-state index is -0.774. The number of nitrogens with two attached hydrogens (primary N) is 1. The van der Waals surface area contributed by atoms with E-state index in [2.05, 4.69) is 17.2 Å². The van der Waals surface area contributed by atoms with Gasteiger partial charge in [0.2, 0.25) is 5.91 Å². The monoisotopic (exact) mass is 554 g/mol. The van der Waals surface area contributed by atoms with Crippen molar-refractivity contribution in [2.45, 2.75) is 65.6 Å². The van der Waals surface area contributed by atoms with Crippen molar-refractivity contribution in [3.8, 4) is 10.4 Å². The Morgan fingerprint density at radius 3 is 2.37 bits per heavy atom. The summed E-state index contributed by atoms with van der Waals surface area (Å²) >= 11 is 2.63. The molecule has 10 heteroatoms. The van der Waals surface area contributed by atoms with Crippen LogP contribution in [0.3, 0.4) is 0 Å². The molecule has 3 aromatic rings. The van der Waals surface area contributed by atoms with Crippen LogP contribution in [0.25, 0.3) is 10.4 Å². The van der Waals surface area contributed by atoms with Crippen LogP contribution in [0.5, 0.6) is 0 Å². The van der Waals surface area contributed by atoms with Crippen LogP contribution in [0.1, 0.15) is 73.5 Å². The van der Waals surface area contributed by atoms with Crippen molar-refractivity contribution < 1.29 is 19.1 Å². The second-order valence-electron chi connectivity index (χ2n) is 10.1. The zero-order valence-electron chi connectivity index (χ0n) is 22.1. The van der Waals surface area contributed by atoms with Gasteiger partial charge in [0.1, 0.15) is 16.8 Å². The molecule has 0 saturated heterocycles. The molecule has 8 nitrogen and oxygen atoms in total. The molecule has 38 heavy (non-hydrogen) atoms. The number of ether oxygens (including phenoxy) is 1. The van der Waals surface area contributed by atoms with Gasteiger partial charge in [-0.1, -0.05) is 19.1 Å². The molecular weight excluding hydrogens is 520 g/mol. The number of carbonyl (C=O) groups is 3. The van der Waals surface area contributed by atoms with E-state index in [1.54, 1.807) is 34.8 Å². The van der Waals surface area contributed by atoms with Gasteiger partial charge in [0, 0.05) is 27.9 Å². The Morgan fingerprint density at radius 1 is 1.11 bits per heavy atom. The van der Waals surface area contributed by atoms with Crippen molar-refractivity contribution in [2.75, 3.05) is 10.2 Å². The number of aromatic nitrogens is 1. The van der Waals surface area contributed by atoms with E-state index in [9.17, 15) is 14.4 Å². The van der Waals surface area contributed by atoms with Crippen LogP contribution in [0, 0.1) is 11.8 Å². The predicted molar refractivity (Wildman–Crippen MR) is 153 cm³/mol. The molecule has 0 bridgehead atoms. The molecule has 1 atom stereocenters. The zero-order valence-corrected chi connectivity index (χ0v) is 23.7. The number of esters is 1. The zero-order chi connectivity index (χ0) is 27.4. The van der Waals surface area contributed by atoms with Gasteiger partial charge in [0.15, 0.2) is 0 Å². The minimum Gasteiger partial charge on any atom is -0.443 e. The summed E-state index contributed by atoms with van der Waals surface area (Å²) in [5.74, 6) is -0.207. The number of anilines is 2. The molecule has 0 spiro atoms. The highest BCUT2D eigenvalue weighted by Crippen LogP contribution is 2.40. The van der Waals surface area contributed by atoms with Crippen molar-refractivity contribution in [3.05, 3.63) is 51.8 Å². The molecule has 1 aliphatic rings. The van der Waals surface area contributed by atoms with Gasteiger partial charge in [-0.2, -0.15) is 0 Å². The molecule has 0 radical (unpaired) electrons. The first kappa shape index (κ1) is 27.9. The van der Waals surface area contributed by atoms with Crippen LogP contribution in [0.4, 0.5) is 11.4 Å². The van der Waals surface area contributed by atoms with Crippen LogP contribution < -0.4 is 16.0 Å². The first-order chi connectivity index (χ1) is 18.1. The van der Waals surface area contributed by atoms with E-state index in [1.807, 2.05) is 32.0 Å². The number of hydrogen-bond donors (Lipinski definition) is 2. The van der Waals surface area contributed by atoms with Gasteiger partial charge in [-0.05, 0) is 76.1 Å². The molecule has 2 aromatic heterocycles. The normalized spacial score (nSPS) is 18.2. The molecule has 0 aliphatic heterocycles. The van der Waals surface area contributed by atoms with Gasteiger partial charge in [0.05, 0.1) is 11.2 Å². The smallest absolute Gasteiger partial charge is 0.352 e. The molecule has 2 amide bonds. The summed E-state index contributed by atoms with van der Waals surface area (Å²) < 4.78 is 5.35. The highest BCUT2D eigenvalue weighted by molar-refractivity contribution is 7.18. The predicted octanol–water partition coefficient (Wildman–Crippen LogP) is 6.15. The third-order valence-corrected chi connectivity index (χ3v) is 8.40. The quantitative estimate of drug-likeness (QED) is 0.255. The van der Waals surface area contributed by atoms with Gasteiger partial charge < -0.3 is 15.0 Å². The topological polar surface area (TPSA) is 115 Å². The molecule has 1 unspecified atom stereocenters. The largest absolute Gasteiger partial charge is 0.443 e. The number of nitrogens with zero attached hydrogens (tertiary/aromatic N) is 2. The molecule has 202 valence electrons. The van der Waals surface area contributed by atoms with Gasteiger partial charge in [-0.25, -0.2) is 9.78 Å². The highest BCUT2D eigenvalue weighted by atomic mass is 32.1. The molecular formula is C28H34N4O4S2. The number of thiophene rings is 1. The molecule has 1 fully saturated rings. The number of rotatable bonds is 8. The molecule has 3 N–H and O–H groups in total. The molecule has 1 saturated carbocycles. The number of amides is 2. The Hall–Kier alpha value is -3.08. The lowest BCUT2D eigenvalue weighted by Gasteiger charge is -2.33. The van der Waals surface area contributed by atoms with Crippen molar-refractivity contribution >= 4 is 51.8 Å². The first-order valence-electron chi connectivity index (χ1n) is 12.9. The van der Waals surface area contributed by atoms with E-state index in [0.717, 1.165) is 36.1 Å². The van der Waals surface area contributed by atoms with Crippen LogP contribution >= 0.6 is 22.7 Å². The van der Waals surface area contributed by atoms with E-state index >= 15 is 0 Å². The fourth-order valence-corrected chi connectivity index (χ4v) is 6.23. The van der Waals surface area contributed by atoms with Crippen LogP contribution in [-0.2, 0) is 9.53 Å². The average Bonchev–Trinajstić information content (AvgIpc) is 3.55. The maximum atomic E-state index is 13.7. The lowest BCUT2D eigenvalue weighted by Crippen LogP contribution is -2.42. The van der Waals surface area contributed by atoms with Crippen molar-refractivity contribution in [3.63, 3.8) is 0 Å². The number of carbonyl (C=O) groups excluding carboxylic acids is 3. The summed E-state index contributed by atoms with van der Waals surface area (Å²) in [4.78, 5) is 46.1. The Morgan fingerprint density at radius 2 is 1.79 bits per heavy atom. The van der Waals surface area contributed by atoms with E-state index in [4.69, 9.17) is 10.5 Å². The fraction of sp³-hybridized carbons (Fsp3) is 0.429. The van der Waals surface area contributed by atoms with Crippen molar-refractivity contribution in [1.29, 1.82) is 0 Å². The van der Waals surface area contributed by atoms with Crippen LogP contribution in [-0.4, -0.2) is 35.0 Å². The van der Waals surface area contributed by atoms with Gasteiger partial charge in [-0.15, -0.1) is 22.7 Å². The van der Waals surface area contributed by atoms with E-state index in [1.165, 1.54) is 22.7 Å². The summed E-state index contributed by atoms with van der Waals surface area (Å²) in [6.45, 7) is 7.74. The van der Waals surface area contributed by atoms with Gasteiger partial charge in [0.25, 0.3) is 5.91 Å². The summed E-state index contributed by atoms with van der Waals surface area (Å²) in [5, 5.41) is 4.52. The second-order valence-corrected chi connectivity index (χ2v) is 11.9.